The Labute approximate surface area is 98.1 Å². The molecule has 0 unspecified atom stereocenters. The van der Waals surface area contributed by atoms with Crippen LogP contribution < -0.4 is 5.73 Å². The minimum atomic E-state index is 0.522. The number of thioether (sulfide) groups is 1. The van der Waals surface area contributed by atoms with Gasteiger partial charge in [0.2, 0.25) is 0 Å². The number of nitrogens with two attached hydrogens (primary N) is 1. The molecule has 0 fully saturated rings. The first-order valence-electron chi connectivity index (χ1n) is 4.85. The highest BCUT2D eigenvalue weighted by atomic mass is 32.2. The highest BCUT2D eigenvalue weighted by molar-refractivity contribution is 7.98. The normalized spacial score (nSPS) is 10.6. The molecule has 2 aromatic rings. The van der Waals surface area contributed by atoms with E-state index >= 15 is 0 Å². The van der Waals surface area contributed by atoms with Gasteiger partial charge < -0.3 is 5.73 Å². The molecule has 5 nitrogen and oxygen atoms in total. The average Bonchev–Trinajstić information content (AvgIpc) is 2.60. The summed E-state index contributed by atoms with van der Waals surface area (Å²) >= 11 is 1.65. The summed E-state index contributed by atoms with van der Waals surface area (Å²) in [5.74, 6) is 1.98. The molecule has 16 heavy (non-hydrogen) atoms. The molecule has 0 spiro atoms. The van der Waals surface area contributed by atoms with E-state index in [4.69, 9.17) is 5.73 Å². The molecule has 0 amide bonds. The average molecular weight is 235 g/mol. The molecule has 2 rings (SSSR count). The number of aryl methyl sites for hydroxylation is 2. The topological polar surface area (TPSA) is 69.6 Å². The van der Waals surface area contributed by atoms with Gasteiger partial charge in [0.05, 0.1) is 11.9 Å². The largest absolute Gasteiger partial charge is 0.384 e. The molecule has 0 atom stereocenters. The molecule has 0 saturated heterocycles. The minimum Gasteiger partial charge on any atom is -0.384 e. The van der Waals surface area contributed by atoms with Crippen LogP contribution in [-0.4, -0.2) is 19.7 Å². The summed E-state index contributed by atoms with van der Waals surface area (Å²) in [4.78, 5) is 9.59. The van der Waals surface area contributed by atoms with Crippen molar-refractivity contribution in [3.05, 3.63) is 30.0 Å². The Morgan fingerprint density at radius 2 is 2.25 bits per heavy atom. The SMILES string of the molecule is Cc1cc(N)nc(CSc2cnn(C)c2)n1. The minimum absolute atomic E-state index is 0.522. The van der Waals surface area contributed by atoms with Crippen molar-refractivity contribution in [1.82, 2.24) is 19.7 Å². The maximum Gasteiger partial charge on any atom is 0.141 e. The van der Waals surface area contributed by atoms with Gasteiger partial charge >= 0.3 is 0 Å². The highest BCUT2D eigenvalue weighted by Gasteiger charge is 2.02. The maximum atomic E-state index is 5.66. The van der Waals surface area contributed by atoms with Crippen molar-refractivity contribution < 1.29 is 0 Å². The summed E-state index contributed by atoms with van der Waals surface area (Å²) in [6.45, 7) is 1.91. The Hall–Kier alpha value is -1.56. The number of nitrogen functional groups attached to an aromatic ring is 1. The first kappa shape index (κ1) is 10.9. The van der Waals surface area contributed by atoms with E-state index in [0.29, 0.717) is 11.6 Å². The summed E-state index contributed by atoms with van der Waals surface area (Å²) in [6, 6.07) is 1.76. The lowest BCUT2D eigenvalue weighted by Crippen LogP contribution is -1.99. The van der Waals surface area contributed by atoms with E-state index in [1.54, 1.807) is 22.5 Å². The first-order valence-corrected chi connectivity index (χ1v) is 5.83. The molecule has 0 aliphatic heterocycles. The fraction of sp³-hybridized carbons (Fsp3) is 0.300. The summed E-state index contributed by atoms with van der Waals surface area (Å²) < 4.78 is 1.77. The van der Waals surface area contributed by atoms with Gasteiger partial charge in [-0.3, -0.25) is 4.68 Å². The van der Waals surface area contributed by atoms with E-state index in [2.05, 4.69) is 15.1 Å². The summed E-state index contributed by atoms with van der Waals surface area (Å²) in [5, 5.41) is 4.09. The molecule has 0 radical (unpaired) electrons. The first-order chi connectivity index (χ1) is 7.63. The second-order valence-corrected chi connectivity index (χ2v) is 4.54. The molecule has 0 saturated carbocycles. The van der Waals surface area contributed by atoms with E-state index in [-0.39, 0.29) is 0 Å². The third-order valence-corrected chi connectivity index (χ3v) is 2.92. The third-order valence-electron chi connectivity index (χ3n) is 1.97. The molecule has 6 heteroatoms. The number of rotatable bonds is 3. The van der Waals surface area contributed by atoms with Crippen LogP contribution >= 0.6 is 11.8 Å². The van der Waals surface area contributed by atoms with Gasteiger partial charge in [0.1, 0.15) is 11.6 Å². The zero-order valence-corrected chi connectivity index (χ0v) is 10.0. The zero-order valence-electron chi connectivity index (χ0n) is 9.21. The fourth-order valence-electron chi connectivity index (χ4n) is 1.34. The molecule has 0 bridgehead atoms. The fourth-order valence-corrected chi connectivity index (χ4v) is 2.12. The maximum absolute atomic E-state index is 5.66. The Morgan fingerprint density at radius 1 is 1.44 bits per heavy atom. The van der Waals surface area contributed by atoms with Crippen LogP contribution in [0.5, 0.6) is 0 Å². The van der Waals surface area contributed by atoms with Crippen LogP contribution in [-0.2, 0) is 12.8 Å². The van der Waals surface area contributed by atoms with Crippen LogP contribution in [0.15, 0.2) is 23.4 Å². The van der Waals surface area contributed by atoms with Crippen LogP contribution in [0.1, 0.15) is 11.5 Å². The van der Waals surface area contributed by atoms with Gasteiger partial charge in [-0.05, 0) is 6.92 Å². The summed E-state index contributed by atoms with van der Waals surface area (Å²) in [5.41, 5.74) is 6.55. The monoisotopic (exact) mass is 235 g/mol. The summed E-state index contributed by atoms with van der Waals surface area (Å²) in [6.07, 6.45) is 3.79. The van der Waals surface area contributed by atoms with Crippen molar-refractivity contribution in [3.63, 3.8) is 0 Å². The quantitative estimate of drug-likeness (QED) is 0.814. The van der Waals surface area contributed by atoms with Gasteiger partial charge in [-0.15, -0.1) is 11.8 Å². The van der Waals surface area contributed by atoms with Crippen molar-refractivity contribution in [3.8, 4) is 0 Å². The van der Waals surface area contributed by atoms with Gasteiger partial charge in [0.15, 0.2) is 0 Å². The smallest absolute Gasteiger partial charge is 0.141 e. The lowest BCUT2D eigenvalue weighted by molar-refractivity contribution is 0.766. The zero-order chi connectivity index (χ0) is 11.5. The Kier molecular flexibility index (Phi) is 3.09. The predicted molar refractivity (Wildman–Crippen MR) is 64.0 cm³/mol. The van der Waals surface area contributed by atoms with E-state index in [9.17, 15) is 0 Å². The van der Waals surface area contributed by atoms with Crippen LogP contribution in [0.25, 0.3) is 0 Å². The van der Waals surface area contributed by atoms with E-state index in [0.717, 1.165) is 16.4 Å². The standard InChI is InChI=1S/C10H13N5S/c1-7-3-9(11)14-10(13-7)6-16-8-4-12-15(2)5-8/h3-5H,6H2,1-2H3,(H2,11,13,14). The van der Waals surface area contributed by atoms with Crippen molar-refractivity contribution >= 4 is 17.6 Å². The van der Waals surface area contributed by atoms with E-state index in [1.807, 2.05) is 26.4 Å². The third kappa shape index (κ3) is 2.73. The molecule has 2 N–H and O–H groups in total. The van der Waals surface area contributed by atoms with Crippen LogP contribution in [0.4, 0.5) is 5.82 Å². The second kappa shape index (κ2) is 4.52. The Bertz CT molecular complexity index is 473. The van der Waals surface area contributed by atoms with Crippen molar-refractivity contribution in [2.75, 3.05) is 5.73 Å². The molecule has 2 heterocycles. The lowest BCUT2D eigenvalue weighted by Gasteiger charge is -2.01. The molecule has 0 aromatic carbocycles. The summed E-state index contributed by atoms with van der Waals surface area (Å²) in [7, 11) is 1.89. The predicted octanol–water partition coefficient (Wildman–Crippen LogP) is 1.39. The van der Waals surface area contributed by atoms with Gasteiger partial charge in [-0.1, -0.05) is 0 Å². The van der Waals surface area contributed by atoms with Gasteiger partial charge in [0, 0.05) is 29.9 Å². The molecule has 2 aromatic heterocycles. The molecule has 84 valence electrons. The Balaban J connectivity index is 2.04. The van der Waals surface area contributed by atoms with Gasteiger partial charge in [0.25, 0.3) is 0 Å². The highest BCUT2D eigenvalue weighted by Crippen LogP contribution is 2.20. The number of anilines is 1. The van der Waals surface area contributed by atoms with Crippen molar-refractivity contribution in [2.45, 2.75) is 17.6 Å². The van der Waals surface area contributed by atoms with Crippen LogP contribution in [0.3, 0.4) is 0 Å². The van der Waals surface area contributed by atoms with Crippen molar-refractivity contribution in [2.24, 2.45) is 7.05 Å². The Morgan fingerprint density at radius 3 is 2.88 bits per heavy atom. The van der Waals surface area contributed by atoms with E-state index in [1.165, 1.54) is 0 Å². The number of hydrogen-bond donors (Lipinski definition) is 1. The van der Waals surface area contributed by atoms with Crippen LogP contribution in [0, 0.1) is 6.92 Å². The molecule has 0 aliphatic rings. The lowest BCUT2D eigenvalue weighted by atomic mass is 10.4. The number of aromatic nitrogens is 4. The molecular weight excluding hydrogens is 222 g/mol. The number of nitrogens with zero attached hydrogens (tertiary/aromatic N) is 4. The molecular formula is C10H13N5S. The number of hydrogen-bond acceptors (Lipinski definition) is 5. The van der Waals surface area contributed by atoms with Gasteiger partial charge in [-0.25, -0.2) is 9.97 Å². The second-order valence-electron chi connectivity index (χ2n) is 3.49. The van der Waals surface area contributed by atoms with E-state index < -0.39 is 0 Å². The van der Waals surface area contributed by atoms with Crippen LogP contribution in [0.2, 0.25) is 0 Å². The van der Waals surface area contributed by atoms with Gasteiger partial charge in [-0.2, -0.15) is 5.10 Å². The van der Waals surface area contributed by atoms with Crippen molar-refractivity contribution in [1.29, 1.82) is 0 Å². The molecule has 0 aliphatic carbocycles.